The molecule has 1 aromatic carbocycles. The number of benzene rings is 1. The SMILES string of the molecule is CCOC=O.Cc1c[nH]c2ccc(C(C)C)cc12. The fraction of sp³-hybridized carbons (Fsp3) is 0.400. The number of nitrogens with one attached hydrogen (secondary N) is 1. The first kappa shape index (κ1) is 14.3. The van der Waals surface area contributed by atoms with E-state index in [4.69, 9.17) is 0 Å². The first-order valence-corrected chi connectivity index (χ1v) is 6.23. The van der Waals surface area contributed by atoms with Gasteiger partial charge in [0.15, 0.2) is 0 Å². The van der Waals surface area contributed by atoms with Gasteiger partial charge < -0.3 is 9.72 Å². The summed E-state index contributed by atoms with van der Waals surface area (Å²) in [5, 5.41) is 1.35. The van der Waals surface area contributed by atoms with Gasteiger partial charge in [-0.1, -0.05) is 19.9 Å². The van der Waals surface area contributed by atoms with Crippen LogP contribution in [-0.4, -0.2) is 18.1 Å². The van der Waals surface area contributed by atoms with Crippen LogP contribution in [0, 0.1) is 6.92 Å². The molecular weight excluding hydrogens is 226 g/mol. The molecule has 18 heavy (non-hydrogen) atoms. The Bertz CT molecular complexity index is 500. The van der Waals surface area contributed by atoms with Crippen LogP contribution in [0.1, 0.15) is 37.8 Å². The number of fused-ring (bicyclic) bond motifs is 1. The van der Waals surface area contributed by atoms with Gasteiger partial charge in [-0.25, -0.2) is 0 Å². The van der Waals surface area contributed by atoms with Gasteiger partial charge in [-0.05, 0) is 43.0 Å². The van der Waals surface area contributed by atoms with Crippen LogP contribution in [0.3, 0.4) is 0 Å². The average Bonchev–Trinajstić information content (AvgIpc) is 2.72. The lowest BCUT2D eigenvalue weighted by Gasteiger charge is -2.04. The summed E-state index contributed by atoms with van der Waals surface area (Å²) < 4.78 is 4.15. The zero-order chi connectivity index (χ0) is 13.5. The van der Waals surface area contributed by atoms with Crippen molar-refractivity contribution >= 4 is 17.4 Å². The van der Waals surface area contributed by atoms with E-state index in [2.05, 4.69) is 54.9 Å². The zero-order valence-electron chi connectivity index (χ0n) is 11.5. The Hall–Kier alpha value is -1.77. The number of carbonyl (C=O) groups is 1. The second-order valence-corrected chi connectivity index (χ2v) is 4.48. The highest BCUT2D eigenvalue weighted by Crippen LogP contribution is 2.22. The maximum Gasteiger partial charge on any atom is 0.293 e. The van der Waals surface area contributed by atoms with Crippen LogP contribution < -0.4 is 0 Å². The Kier molecular flexibility index (Phi) is 5.43. The van der Waals surface area contributed by atoms with Crippen molar-refractivity contribution in [2.75, 3.05) is 6.61 Å². The van der Waals surface area contributed by atoms with E-state index in [-0.39, 0.29) is 0 Å². The third kappa shape index (κ3) is 3.62. The van der Waals surface area contributed by atoms with Gasteiger partial charge in [0.2, 0.25) is 0 Å². The predicted molar refractivity (Wildman–Crippen MR) is 74.8 cm³/mol. The molecule has 0 fully saturated rings. The van der Waals surface area contributed by atoms with Crippen molar-refractivity contribution in [1.29, 1.82) is 0 Å². The summed E-state index contributed by atoms with van der Waals surface area (Å²) in [6.07, 6.45) is 2.06. The Balaban J connectivity index is 0.000000280. The van der Waals surface area contributed by atoms with Crippen molar-refractivity contribution in [2.45, 2.75) is 33.6 Å². The molecule has 0 saturated carbocycles. The first-order chi connectivity index (χ1) is 8.60. The predicted octanol–water partition coefficient (Wildman–Crippen LogP) is 3.78. The van der Waals surface area contributed by atoms with Crippen LogP contribution in [0.4, 0.5) is 0 Å². The number of carbonyl (C=O) groups excluding carboxylic acids is 1. The molecule has 0 atom stereocenters. The Labute approximate surface area is 108 Å². The number of aromatic amines is 1. The molecule has 1 aromatic heterocycles. The van der Waals surface area contributed by atoms with Crippen molar-refractivity contribution in [3.05, 3.63) is 35.5 Å². The lowest BCUT2D eigenvalue weighted by atomic mass is 10.0. The molecule has 2 aromatic rings. The standard InChI is InChI=1S/C12H15N.C3H6O2/c1-8(2)10-4-5-12-11(6-10)9(3)7-13-12;1-2-5-3-4/h4-8,13H,1-3H3;3H,2H2,1H3. The molecule has 3 nitrogen and oxygen atoms in total. The molecule has 3 heteroatoms. The van der Waals surface area contributed by atoms with E-state index in [1.807, 2.05) is 0 Å². The van der Waals surface area contributed by atoms with E-state index in [0.717, 1.165) is 0 Å². The molecule has 1 N–H and O–H groups in total. The van der Waals surface area contributed by atoms with Crippen LogP contribution in [0.15, 0.2) is 24.4 Å². The van der Waals surface area contributed by atoms with Crippen molar-refractivity contribution < 1.29 is 9.53 Å². The van der Waals surface area contributed by atoms with E-state index in [1.54, 1.807) is 6.92 Å². The summed E-state index contributed by atoms with van der Waals surface area (Å²) >= 11 is 0. The van der Waals surface area contributed by atoms with Gasteiger partial charge in [0.1, 0.15) is 0 Å². The molecule has 0 aliphatic rings. The number of hydrogen-bond donors (Lipinski definition) is 1. The number of aromatic nitrogens is 1. The van der Waals surface area contributed by atoms with Gasteiger partial charge in [0.05, 0.1) is 6.61 Å². The van der Waals surface area contributed by atoms with E-state index in [0.29, 0.717) is 19.0 Å². The largest absolute Gasteiger partial charge is 0.468 e. The van der Waals surface area contributed by atoms with Gasteiger partial charge in [-0.15, -0.1) is 0 Å². The molecular formula is C15H21NO2. The highest BCUT2D eigenvalue weighted by Gasteiger charge is 2.03. The molecule has 0 amide bonds. The number of hydrogen-bond acceptors (Lipinski definition) is 2. The van der Waals surface area contributed by atoms with Crippen LogP contribution in [-0.2, 0) is 9.53 Å². The summed E-state index contributed by atoms with van der Waals surface area (Å²) in [6, 6.07) is 6.65. The topological polar surface area (TPSA) is 42.1 Å². The van der Waals surface area contributed by atoms with Crippen LogP contribution in [0.2, 0.25) is 0 Å². The van der Waals surface area contributed by atoms with E-state index < -0.39 is 0 Å². The third-order valence-corrected chi connectivity index (χ3v) is 2.81. The summed E-state index contributed by atoms with van der Waals surface area (Å²) in [4.78, 5) is 12.4. The van der Waals surface area contributed by atoms with Gasteiger partial charge in [0.25, 0.3) is 6.47 Å². The minimum Gasteiger partial charge on any atom is -0.468 e. The molecule has 0 aliphatic carbocycles. The number of ether oxygens (including phenoxy) is 1. The minimum atomic E-state index is 0.431. The van der Waals surface area contributed by atoms with E-state index in [9.17, 15) is 4.79 Å². The summed E-state index contributed by atoms with van der Waals surface area (Å²) in [5.41, 5.74) is 3.98. The quantitative estimate of drug-likeness (QED) is 0.839. The van der Waals surface area contributed by atoms with Gasteiger partial charge >= 0.3 is 0 Å². The highest BCUT2D eigenvalue weighted by atomic mass is 16.5. The minimum absolute atomic E-state index is 0.431. The second-order valence-electron chi connectivity index (χ2n) is 4.48. The van der Waals surface area contributed by atoms with Crippen LogP contribution >= 0.6 is 0 Å². The van der Waals surface area contributed by atoms with E-state index >= 15 is 0 Å². The lowest BCUT2D eigenvalue weighted by molar-refractivity contribution is -0.128. The average molecular weight is 247 g/mol. The van der Waals surface area contributed by atoms with Gasteiger partial charge in [-0.3, -0.25) is 4.79 Å². The molecule has 0 saturated heterocycles. The molecule has 2 rings (SSSR count). The Morgan fingerprint density at radius 1 is 1.39 bits per heavy atom. The molecule has 0 bridgehead atoms. The monoisotopic (exact) mass is 247 g/mol. The Morgan fingerprint density at radius 2 is 2.11 bits per heavy atom. The zero-order valence-corrected chi connectivity index (χ0v) is 11.5. The number of rotatable bonds is 3. The number of H-pyrrole nitrogens is 1. The molecule has 0 unspecified atom stereocenters. The van der Waals surface area contributed by atoms with Crippen LogP contribution in [0.5, 0.6) is 0 Å². The second kappa shape index (κ2) is 6.84. The fourth-order valence-electron chi connectivity index (χ4n) is 1.70. The lowest BCUT2D eigenvalue weighted by Crippen LogP contribution is -1.85. The van der Waals surface area contributed by atoms with Crippen LogP contribution in [0.25, 0.3) is 10.9 Å². The number of aryl methyl sites for hydroxylation is 1. The molecule has 0 spiro atoms. The fourth-order valence-corrected chi connectivity index (χ4v) is 1.70. The smallest absolute Gasteiger partial charge is 0.293 e. The summed E-state index contributed by atoms with van der Waals surface area (Å²) in [7, 11) is 0. The summed E-state index contributed by atoms with van der Waals surface area (Å²) in [6.45, 7) is 9.26. The molecule has 1 heterocycles. The normalized spacial score (nSPS) is 10.1. The summed E-state index contributed by atoms with van der Waals surface area (Å²) in [5.74, 6) is 0.610. The highest BCUT2D eigenvalue weighted by molar-refractivity contribution is 5.83. The molecule has 0 aliphatic heterocycles. The van der Waals surface area contributed by atoms with Crippen molar-refractivity contribution in [3.63, 3.8) is 0 Å². The van der Waals surface area contributed by atoms with Gasteiger partial charge in [0, 0.05) is 17.1 Å². The molecule has 0 radical (unpaired) electrons. The maximum atomic E-state index is 9.18. The maximum absolute atomic E-state index is 9.18. The van der Waals surface area contributed by atoms with Crippen molar-refractivity contribution in [3.8, 4) is 0 Å². The third-order valence-electron chi connectivity index (χ3n) is 2.81. The van der Waals surface area contributed by atoms with Crippen molar-refractivity contribution in [2.24, 2.45) is 0 Å². The molecule has 98 valence electrons. The van der Waals surface area contributed by atoms with Gasteiger partial charge in [-0.2, -0.15) is 0 Å². The van der Waals surface area contributed by atoms with Crippen molar-refractivity contribution in [1.82, 2.24) is 4.98 Å². The van der Waals surface area contributed by atoms with E-state index in [1.165, 1.54) is 22.0 Å². The Morgan fingerprint density at radius 3 is 2.61 bits per heavy atom. The first-order valence-electron chi connectivity index (χ1n) is 6.23.